The van der Waals surface area contributed by atoms with E-state index in [1.165, 1.54) is 128 Å². The van der Waals surface area contributed by atoms with Crippen molar-refractivity contribution in [3.63, 3.8) is 0 Å². The fraction of sp³-hybridized carbons (Fsp3) is 0.950. The molecule has 0 aliphatic carbocycles. The zero-order valence-corrected chi connectivity index (χ0v) is 34.7. The molecule has 0 aromatic rings. The lowest BCUT2D eigenvalue weighted by Gasteiger charge is -2.37. The summed E-state index contributed by atoms with van der Waals surface area (Å²) in [5.74, 6) is 0.345. The van der Waals surface area contributed by atoms with E-state index in [0.29, 0.717) is 31.4 Å². The van der Waals surface area contributed by atoms with Crippen molar-refractivity contribution >= 4 is 31.5 Å². The third-order valence-corrected chi connectivity index (χ3v) is 13.4. The number of nitrogens with zero attached hydrogens (tertiary/aromatic N) is 1. The van der Waals surface area contributed by atoms with Crippen molar-refractivity contribution in [1.29, 1.82) is 0 Å². The molecule has 0 fully saturated rings. The third-order valence-electron chi connectivity index (χ3n) is 9.29. The molecular formula is C40H81NO5SSi. The first-order valence-electron chi connectivity index (χ1n) is 20.8. The second kappa shape index (κ2) is 35.2. The first kappa shape index (κ1) is 47.7. The van der Waals surface area contributed by atoms with Gasteiger partial charge in [-0.1, -0.05) is 161 Å². The maximum Gasteiger partial charge on any atom is 0.502 e. The van der Waals surface area contributed by atoms with Crippen LogP contribution in [0.1, 0.15) is 202 Å². The van der Waals surface area contributed by atoms with Crippen molar-refractivity contribution < 1.29 is 22.9 Å². The molecule has 6 nitrogen and oxygen atoms in total. The summed E-state index contributed by atoms with van der Waals surface area (Å²) < 4.78 is 19.5. The number of hydrogen-bond donors (Lipinski definition) is 0. The monoisotopic (exact) mass is 716 g/mol. The summed E-state index contributed by atoms with van der Waals surface area (Å²) in [5, 5.41) is -0.306. The molecule has 1 unspecified atom stereocenters. The molecule has 0 aromatic heterocycles. The van der Waals surface area contributed by atoms with Crippen molar-refractivity contribution in [2.45, 2.75) is 214 Å². The maximum absolute atomic E-state index is 12.4. The second-order valence-electron chi connectivity index (χ2n) is 13.8. The zero-order chi connectivity index (χ0) is 35.6. The Kier molecular flexibility index (Phi) is 35.0. The van der Waals surface area contributed by atoms with Crippen LogP contribution in [0.4, 0.5) is 0 Å². The molecule has 286 valence electrons. The number of carbonyl (C=O) groups is 2. The van der Waals surface area contributed by atoms with Crippen LogP contribution in [0.2, 0.25) is 6.04 Å². The van der Waals surface area contributed by atoms with Gasteiger partial charge in [0.05, 0.1) is 0 Å². The largest absolute Gasteiger partial charge is 0.502 e. The Hall–Kier alpha value is -0.253. The Morgan fingerprint density at radius 3 is 1.38 bits per heavy atom. The number of hydrogen-bond acceptors (Lipinski definition) is 7. The molecule has 0 spiro atoms. The number of Topliss-reactive ketones (excluding diaryl/α,β-unsaturated/α-hetero) is 1. The summed E-state index contributed by atoms with van der Waals surface area (Å²) in [4.78, 5) is 27.1. The fourth-order valence-electron chi connectivity index (χ4n) is 6.34. The standard InChI is InChI=1S/C40H81NO5SSi/c1-7-12-15-17-19-21-23-25-27-30-34-41(35-31-28-26-24-22-20-18-16-13-8-2)38(6)46-48(44-10-4,45-11-5)37-32-36-47-40(43)39(42)33-29-14-9-3/h38H,7-37H2,1-6H3. The van der Waals surface area contributed by atoms with E-state index in [2.05, 4.69) is 32.6 Å². The van der Waals surface area contributed by atoms with Crippen LogP contribution in [-0.4, -0.2) is 62.9 Å². The first-order valence-corrected chi connectivity index (χ1v) is 23.7. The number of thioether (sulfide) groups is 1. The van der Waals surface area contributed by atoms with E-state index in [1.807, 2.05) is 13.8 Å². The summed E-state index contributed by atoms with van der Waals surface area (Å²) in [6.07, 6.45) is 30.7. The van der Waals surface area contributed by atoms with Crippen molar-refractivity contribution in [3.8, 4) is 0 Å². The van der Waals surface area contributed by atoms with Gasteiger partial charge < -0.3 is 13.3 Å². The van der Waals surface area contributed by atoms with E-state index in [9.17, 15) is 9.59 Å². The van der Waals surface area contributed by atoms with Crippen molar-refractivity contribution in [1.82, 2.24) is 4.90 Å². The first-order chi connectivity index (χ1) is 23.4. The maximum atomic E-state index is 12.4. The van der Waals surface area contributed by atoms with E-state index in [1.54, 1.807) is 0 Å². The Labute approximate surface area is 304 Å². The highest BCUT2D eigenvalue weighted by Gasteiger charge is 2.42. The lowest BCUT2D eigenvalue weighted by molar-refractivity contribution is -0.131. The van der Waals surface area contributed by atoms with Crippen LogP contribution < -0.4 is 0 Å². The lowest BCUT2D eigenvalue weighted by Crippen LogP contribution is -2.52. The normalized spacial score (nSPS) is 12.6. The van der Waals surface area contributed by atoms with Gasteiger partial charge in [0.2, 0.25) is 5.78 Å². The number of ketones is 1. The molecular weight excluding hydrogens is 635 g/mol. The quantitative estimate of drug-likeness (QED) is 0.0273. The molecule has 0 aliphatic rings. The van der Waals surface area contributed by atoms with Gasteiger partial charge in [0.25, 0.3) is 5.12 Å². The van der Waals surface area contributed by atoms with E-state index in [0.717, 1.165) is 50.5 Å². The molecule has 0 aromatic carbocycles. The molecule has 0 rings (SSSR count). The van der Waals surface area contributed by atoms with Crippen LogP contribution in [0.25, 0.3) is 0 Å². The molecule has 8 heteroatoms. The average Bonchev–Trinajstić information content (AvgIpc) is 3.07. The minimum absolute atomic E-state index is 0.0821. The summed E-state index contributed by atoms with van der Waals surface area (Å²) in [6.45, 7) is 16.0. The Morgan fingerprint density at radius 2 is 0.958 bits per heavy atom. The van der Waals surface area contributed by atoms with Crippen molar-refractivity contribution in [3.05, 3.63) is 0 Å². The molecule has 0 bridgehead atoms. The summed E-state index contributed by atoms with van der Waals surface area (Å²) >= 11 is 1.15. The summed E-state index contributed by atoms with van der Waals surface area (Å²) in [7, 11) is -2.96. The highest BCUT2D eigenvalue weighted by Crippen LogP contribution is 2.24. The van der Waals surface area contributed by atoms with Gasteiger partial charge in [0, 0.05) is 44.5 Å². The molecule has 0 saturated carbocycles. The molecule has 0 radical (unpaired) electrons. The van der Waals surface area contributed by atoms with Crippen molar-refractivity contribution in [2.75, 3.05) is 32.1 Å². The minimum atomic E-state index is -2.96. The molecule has 0 N–H and O–H groups in total. The highest BCUT2D eigenvalue weighted by molar-refractivity contribution is 8.15. The zero-order valence-electron chi connectivity index (χ0n) is 32.9. The molecule has 0 heterocycles. The predicted molar refractivity (Wildman–Crippen MR) is 211 cm³/mol. The van der Waals surface area contributed by atoms with Crippen molar-refractivity contribution in [2.24, 2.45) is 0 Å². The van der Waals surface area contributed by atoms with Crippen LogP contribution in [-0.2, 0) is 22.9 Å². The van der Waals surface area contributed by atoms with Crippen LogP contribution in [0, 0.1) is 0 Å². The Balaban J connectivity index is 5.03. The predicted octanol–water partition coefficient (Wildman–Crippen LogP) is 12.3. The molecule has 1 atom stereocenters. The summed E-state index contributed by atoms with van der Waals surface area (Å²) in [5.41, 5.74) is 0. The van der Waals surface area contributed by atoms with Gasteiger partial charge in [-0.05, 0) is 46.5 Å². The van der Waals surface area contributed by atoms with Crippen LogP contribution in [0.3, 0.4) is 0 Å². The van der Waals surface area contributed by atoms with Gasteiger partial charge in [-0.2, -0.15) is 0 Å². The Bertz CT molecular complexity index is 698. The Morgan fingerprint density at radius 1 is 0.562 bits per heavy atom. The van der Waals surface area contributed by atoms with Gasteiger partial charge in [-0.25, -0.2) is 0 Å². The fourth-order valence-corrected chi connectivity index (χ4v) is 10.1. The van der Waals surface area contributed by atoms with Gasteiger partial charge >= 0.3 is 8.80 Å². The molecule has 0 saturated heterocycles. The van der Waals surface area contributed by atoms with Gasteiger partial charge in [-0.3, -0.25) is 14.5 Å². The van der Waals surface area contributed by atoms with E-state index in [-0.39, 0.29) is 17.1 Å². The highest BCUT2D eigenvalue weighted by atomic mass is 32.2. The topological polar surface area (TPSA) is 65.1 Å². The van der Waals surface area contributed by atoms with E-state index < -0.39 is 8.80 Å². The average molecular weight is 716 g/mol. The smallest absolute Gasteiger partial charge is 0.374 e. The number of rotatable bonds is 38. The third kappa shape index (κ3) is 27.5. The molecule has 48 heavy (non-hydrogen) atoms. The van der Waals surface area contributed by atoms with Crippen LogP contribution in [0.5, 0.6) is 0 Å². The van der Waals surface area contributed by atoms with Crippen LogP contribution >= 0.6 is 11.8 Å². The van der Waals surface area contributed by atoms with E-state index >= 15 is 0 Å². The minimum Gasteiger partial charge on any atom is -0.374 e. The van der Waals surface area contributed by atoms with E-state index in [4.69, 9.17) is 13.3 Å². The van der Waals surface area contributed by atoms with Crippen LogP contribution in [0.15, 0.2) is 0 Å². The number of unbranched alkanes of at least 4 members (excludes halogenated alkanes) is 20. The second-order valence-corrected chi connectivity index (χ2v) is 17.5. The molecule has 0 aliphatic heterocycles. The SMILES string of the molecule is CCCCCCCCCCCCN(CCCCCCCCCCCC)C(C)O[Si](CCCSC(=O)C(=O)CCCCC)(OCC)OCC. The summed E-state index contributed by atoms with van der Waals surface area (Å²) in [6, 6.07) is 0.660. The van der Waals surface area contributed by atoms with Gasteiger partial charge in [0.1, 0.15) is 6.23 Å². The molecule has 0 amide bonds. The van der Waals surface area contributed by atoms with Gasteiger partial charge in [0.15, 0.2) is 0 Å². The number of carbonyl (C=O) groups excluding carboxylic acids is 2. The van der Waals surface area contributed by atoms with Gasteiger partial charge in [-0.15, -0.1) is 0 Å². The lowest BCUT2D eigenvalue weighted by atomic mass is 10.1.